The lowest BCUT2D eigenvalue weighted by Crippen LogP contribution is -2.41. The van der Waals surface area contributed by atoms with E-state index in [1.54, 1.807) is 6.26 Å². The summed E-state index contributed by atoms with van der Waals surface area (Å²) in [6.07, 6.45) is 1.75. The van der Waals surface area contributed by atoms with Crippen LogP contribution in [0.25, 0.3) is 0 Å². The Morgan fingerprint density at radius 1 is 1.28 bits per heavy atom. The average Bonchev–Trinajstić information content (AvgIpc) is 2.84. The van der Waals surface area contributed by atoms with E-state index < -0.39 is 0 Å². The fourth-order valence-electron chi connectivity index (χ4n) is 2.10. The van der Waals surface area contributed by atoms with Gasteiger partial charge in [-0.1, -0.05) is 27.7 Å². The standard InChI is InChI=1S/C15H28N2O/c1-6-17(11-15-8-7-9-18-15)14(5)13(4)10-16-12(2)3/h7-9,12-14,16H,6,10-11H2,1-5H3. The van der Waals surface area contributed by atoms with Gasteiger partial charge in [-0.25, -0.2) is 0 Å². The number of rotatable bonds is 8. The highest BCUT2D eigenvalue weighted by atomic mass is 16.3. The van der Waals surface area contributed by atoms with Gasteiger partial charge in [0, 0.05) is 12.1 Å². The predicted molar refractivity (Wildman–Crippen MR) is 76.6 cm³/mol. The highest BCUT2D eigenvalue weighted by Gasteiger charge is 2.19. The molecule has 0 aromatic carbocycles. The maximum Gasteiger partial charge on any atom is 0.117 e. The smallest absolute Gasteiger partial charge is 0.117 e. The van der Waals surface area contributed by atoms with Crippen LogP contribution in [-0.2, 0) is 6.54 Å². The molecule has 0 amide bonds. The second-order valence-corrected chi connectivity index (χ2v) is 5.42. The summed E-state index contributed by atoms with van der Waals surface area (Å²) in [6, 6.07) is 5.11. The van der Waals surface area contributed by atoms with Crippen LogP contribution in [0.4, 0.5) is 0 Å². The molecule has 1 aromatic rings. The van der Waals surface area contributed by atoms with Crippen LogP contribution in [0.3, 0.4) is 0 Å². The molecule has 0 radical (unpaired) electrons. The van der Waals surface area contributed by atoms with Crippen molar-refractivity contribution < 1.29 is 4.42 Å². The quantitative estimate of drug-likeness (QED) is 0.770. The minimum absolute atomic E-state index is 0.548. The maximum absolute atomic E-state index is 5.44. The molecule has 1 heterocycles. The van der Waals surface area contributed by atoms with Gasteiger partial charge in [0.25, 0.3) is 0 Å². The van der Waals surface area contributed by atoms with Crippen molar-refractivity contribution in [1.29, 1.82) is 0 Å². The van der Waals surface area contributed by atoms with Crippen molar-refractivity contribution in [1.82, 2.24) is 10.2 Å². The van der Waals surface area contributed by atoms with Gasteiger partial charge in [-0.15, -0.1) is 0 Å². The van der Waals surface area contributed by atoms with E-state index in [0.717, 1.165) is 25.4 Å². The Balaban J connectivity index is 2.47. The minimum atomic E-state index is 0.548. The molecular formula is C15H28N2O. The van der Waals surface area contributed by atoms with Crippen molar-refractivity contribution in [2.24, 2.45) is 5.92 Å². The Morgan fingerprint density at radius 3 is 2.50 bits per heavy atom. The highest BCUT2D eigenvalue weighted by molar-refractivity contribution is 4.98. The third-order valence-electron chi connectivity index (χ3n) is 3.59. The molecule has 2 unspecified atom stereocenters. The molecule has 18 heavy (non-hydrogen) atoms. The third-order valence-corrected chi connectivity index (χ3v) is 3.59. The number of nitrogens with one attached hydrogen (secondary N) is 1. The van der Waals surface area contributed by atoms with Gasteiger partial charge in [0.2, 0.25) is 0 Å². The fraction of sp³-hybridized carbons (Fsp3) is 0.733. The zero-order chi connectivity index (χ0) is 13.5. The molecule has 0 aliphatic heterocycles. The van der Waals surface area contributed by atoms with Crippen LogP contribution in [0.2, 0.25) is 0 Å². The zero-order valence-corrected chi connectivity index (χ0v) is 12.4. The lowest BCUT2D eigenvalue weighted by molar-refractivity contribution is 0.147. The van der Waals surface area contributed by atoms with Gasteiger partial charge in [-0.3, -0.25) is 4.90 Å². The van der Waals surface area contributed by atoms with Gasteiger partial charge < -0.3 is 9.73 Å². The van der Waals surface area contributed by atoms with E-state index in [-0.39, 0.29) is 0 Å². The molecule has 1 rings (SSSR count). The van der Waals surface area contributed by atoms with Crippen molar-refractivity contribution in [2.75, 3.05) is 13.1 Å². The highest BCUT2D eigenvalue weighted by Crippen LogP contribution is 2.14. The first-order valence-electron chi connectivity index (χ1n) is 7.04. The summed E-state index contributed by atoms with van der Waals surface area (Å²) >= 11 is 0. The molecule has 0 aliphatic carbocycles. The monoisotopic (exact) mass is 252 g/mol. The van der Waals surface area contributed by atoms with E-state index in [1.807, 2.05) is 12.1 Å². The molecule has 0 saturated heterocycles. The molecule has 0 fully saturated rings. The van der Waals surface area contributed by atoms with Crippen LogP contribution in [0, 0.1) is 5.92 Å². The molecule has 0 bridgehead atoms. The largest absolute Gasteiger partial charge is 0.468 e. The molecule has 0 aliphatic rings. The average molecular weight is 252 g/mol. The second kappa shape index (κ2) is 7.59. The Kier molecular flexibility index (Phi) is 6.44. The van der Waals surface area contributed by atoms with Gasteiger partial charge >= 0.3 is 0 Å². The zero-order valence-electron chi connectivity index (χ0n) is 12.4. The lowest BCUT2D eigenvalue weighted by atomic mass is 10.0. The van der Waals surface area contributed by atoms with Crippen molar-refractivity contribution in [3.05, 3.63) is 24.2 Å². The van der Waals surface area contributed by atoms with Crippen molar-refractivity contribution in [3.8, 4) is 0 Å². The summed E-state index contributed by atoms with van der Waals surface area (Å²) < 4.78 is 5.44. The topological polar surface area (TPSA) is 28.4 Å². The van der Waals surface area contributed by atoms with Crippen molar-refractivity contribution in [2.45, 2.75) is 53.2 Å². The Labute approximate surface area is 112 Å². The van der Waals surface area contributed by atoms with E-state index in [2.05, 4.69) is 44.8 Å². The summed E-state index contributed by atoms with van der Waals surface area (Å²) in [5, 5.41) is 3.51. The van der Waals surface area contributed by atoms with Gasteiger partial charge in [0.15, 0.2) is 0 Å². The molecule has 3 nitrogen and oxygen atoms in total. The van der Waals surface area contributed by atoms with E-state index in [9.17, 15) is 0 Å². The van der Waals surface area contributed by atoms with Gasteiger partial charge in [0.1, 0.15) is 5.76 Å². The lowest BCUT2D eigenvalue weighted by Gasteiger charge is -2.32. The van der Waals surface area contributed by atoms with Gasteiger partial charge in [-0.05, 0) is 38.1 Å². The second-order valence-electron chi connectivity index (χ2n) is 5.42. The SMILES string of the molecule is CCN(Cc1ccco1)C(C)C(C)CNC(C)C. The Bertz CT molecular complexity index is 308. The molecule has 3 heteroatoms. The van der Waals surface area contributed by atoms with Gasteiger partial charge in [0.05, 0.1) is 12.8 Å². The number of hydrogen-bond donors (Lipinski definition) is 1. The predicted octanol–water partition coefficient (Wildman–Crippen LogP) is 3.12. The normalized spacial score (nSPS) is 15.3. The van der Waals surface area contributed by atoms with E-state index >= 15 is 0 Å². The molecular weight excluding hydrogens is 224 g/mol. The third kappa shape index (κ3) is 4.83. The van der Waals surface area contributed by atoms with E-state index in [0.29, 0.717) is 18.0 Å². The summed E-state index contributed by atoms with van der Waals surface area (Å²) in [7, 11) is 0. The number of nitrogens with zero attached hydrogens (tertiary/aromatic N) is 1. The van der Waals surface area contributed by atoms with E-state index in [4.69, 9.17) is 4.42 Å². The van der Waals surface area contributed by atoms with Crippen molar-refractivity contribution >= 4 is 0 Å². The summed E-state index contributed by atoms with van der Waals surface area (Å²) in [5.41, 5.74) is 0. The first-order chi connectivity index (χ1) is 8.54. The minimum Gasteiger partial charge on any atom is -0.468 e. The van der Waals surface area contributed by atoms with Crippen molar-refractivity contribution in [3.63, 3.8) is 0 Å². The summed E-state index contributed by atoms with van der Waals surface area (Å²) in [4.78, 5) is 2.46. The molecule has 1 N–H and O–H groups in total. The molecule has 104 valence electrons. The van der Waals surface area contributed by atoms with Crippen LogP contribution < -0.4 is 5.32 Å². The van der Waals surface area contributed by atoms with E-state index in [1.165, 1.54) is 0 Å². The fourth-order valence-corrected chi connectivity index (χ4v) is 2.10. The molecule has 1 aromatic heterocycles. The summed E-state index contributed by atoms with van der Waals surface area (Å²) in [6.45, 7) is 14.2. The molecule has 2 atom stereocenters. The maximum atomic E-state index is 5.44. The van der Waals surface area contributed by atoms with Crippen LogP contribution >= 0.6 is 0 Å². The molecule has 0 saturated carbocycles. The Morgan fingerprint density at radius 2 is 2.00 bits per heavy atom. The summed E-state index contributed by atoms with van der Waals surface area (Å²) in [5.74, 6) is 1.68. The molecule has 0 spiro atoms. The van der Waals surface area contributed by atoms with Crippen LogP contribution in [0.1, 0.15) is 40.4 Å². The van der Waals surface area contributed by atoms with Gasteiger partial charge in [-0.2, -0.15) is 0 Å². The van der Waals surface area contributed by atoms with Crippen LogP contribution in [0.5, 0.6) is 0 Å². The number of hydrogen-bond acceptors (Lipinski definition) is 3. The first-order valence-corrected chi connectivity index (χ1v) is 7.04. The van der Waals surface area contributed by atoms with Crippen LogP contribution in [0.15, 0.2) is 22.8 Å². The Hall–Kier alpha value is -0.800. The number of furan rings is 1. The first kappa shape index (κ1) is 15.3. The van der Waals surface area contributed by atoms with Crippen LogP contribution in [-0.4, -0.2) is 30.1 Å².